The van der Waals surface area contributed by atoms with Crippen molar-refractivity contribution in [2.24, 2.45) is 0 Å². The molecule has 0 spiro atoms. The van der Waals surface area contributed by atoms with Crippen LogP contribution in [0.2, 0.25) is 5.02 Å². The van der Waals surface area contributed by atoms with Crippen molar-refractivity contribution in [3.8, 4) is 0 Å². The Morgan fingerprint density at radius 1 is 1.21 bits per heavy atom. The Bertz CT molecular complexity index is 931. The van der Waals surface area contributed by atoms with Crippen LogP contribution in [0.5, 0.6) is 0 Å². The molecule has 0 bridgehead atoms. The number of ether oxygens (including phenoxy) is 1. The van der Waals surface area contributed by atoms with Gasteiger partial charge in [-0.3, -0.25) is 4.79 Å². The zero-order valence-electron chi connectivity index (χ0n) is 15.0. The first-order valence-electron chi connectivity index (χ1n) is 8.96. The summed E-state index contributed by atoms with van der Waals surface area (Å²) in [6, 6.07) is 11.5. The van der Waals surface area contributed by atoms with Crippen molar-refractivity contribution in [3.63, 3.8) is 0 Å². The Hall–Kier alpha value is -2.48. The van der Waals surface area contributed by atoms with Gasteiger partial charge in [-0.2, -0.15) is 0 Å². The molecular weight excluding hydrogens is 396 g/mol. The number of amides is 1. The van der Waals surface area contributed by atoms with Gasteiger partial charge < -0.3 is 15.0 Å². The molecule has 8 heteroatoms. The number of rotatable bonds is 5. The van der Waals surface area contributed by atoms with Crippen LogP contribution in [0.25, 0.3) is 0 Å². The number of carbonyl (C=O) groups excluding carboxylic acids is 1. The molecule has 1 fully saturated rings. The van der Waals surface area contributed by atoms with E-state index in [1.807, 2.05) is 35.7 Å². The Morgan fingerprint density at radius 2 is 2.00 bits per heavy atom. The number of anilines is 1. The van der Waals surface area contributed by atoms with E-state index in [1.165, 1.54) is 0 Å². The lowest BCUT2D eigenvalue weighted by Crippen LogP contribution is -2.40. The van der Waals surface area contributed by atoms with Crippen LogP contribution in [-0.2, 0) is 4.74 Å². The van der Waals surface area contributed by atoms with Gasteiger partial charge in [0.25, 0.3) is 5.91 Å². The van der Waals surface area contributed by atoms with Crippen molar-refractivity contribution in [1.29, 1.82) is 0 Å². The summed E-state index contributed by atoms with van der Waals surface area (Å²) in [6.07, 6.45) is 3.34. The minimum atomic E-state index is -0.174. The molecule has 3 aromatic rings. The molecular formula is C20H19ClN4O2S. The fourth-order valence-electron chi connectivity index (χ4n) is 3.06. The summed E-state index contributed by atoms with van der Waals surface area (Å²) < 4.78 is 5.30. The lowest BCUT2D eigenvalue weighted by atomic mass is 10.1. The molecule has 0 radical (unpaired) electrons. The van der Waals surface area contributed by atoms with Crippen molar-refractivity contribution in [1.82, 2.24) is 14.9 Å². The molecule has 1 aliphatic rings. The maximum atomic E-state index is 12.6. The predicted molar refractivity (Wildman–Crippen MR) is 110 cm³/mol. The molecule has 1 aliphatic heterocycles. The Kier molecular flexibility index (Phi) is 5.85. The average molecular weight is 415 g/mol. The molecule has 1 saturated heterocycles. The summed E-state index contributed by atoms with van der Waals surface area (Å²) in [5.74, 6) is 0.438. The quantitative estimate of drug-likeness (QED) is 0.686. The maximum absolute atomic E-state index is 12.6. The van der Waals surface area contributed by atoms with Gasteiger partial charge in [0.1, 0.15) is 16.9 Å². The molecule has 0 aliphatic carbocycles. The van der Waals surface area contributed by atoms with Gasteiger partial charge in [-0.15, -0.1) is 11.3 Å². The van der Waals surface area contributed by atoms with Crippen LogP contribution in [0.1, 0.15) is 27.0 Å². The van der Waals surface area contributed by atoms with Crippen molar-refractivity contribution in [3.05, 3.63) is 75.3 Å². The Morgan fingerprint density at radius 3 is 2.68 bits per heavy atom. The van der Waals surface area contributed by atoms with Gasteiger partial charge in [0.05, 0.1) is 23.8 Å². The highest BCUT2D eigenvalue weighted by atomic mass is 35.5. The maximum Gasteiger partial charge on any atom is 0.255 e. The zero-order chi connectivity index (χ0) is 19.3. The van der Waals surface area contributed by atoms with E-state index in [1.54, 1.807) is 34.7 Å². The molecule has 1 aromatic carbocycles. The third-order valence-electron chi connectivity index (χ3n) is 4.50. The van der Waals surface area contributed by atoms with E-state index in [4.69, 9.17) is 16.3 Å². The summed E-state index contributed by atoms with van der Waals surface area (Å²) in [5.41, 5.74) is 1.53. The van der Waals surface area contributed by atoms with Crippen LogP contribution in [0.15, 0.2) is 54.2 Å². The first-order valence-corrected chi connectivity index (χ1v) is 10.2. The van der Waals surface area contributed by atoms with Crippen LogP contribution < -0.4 is 5.32 Å². The second-order valence-electron chi connectivity index (χ2n) is 6.32. The SMILES string of the molecule is O=C(c1cnc(NC(c2ccccc2)c2nccs2)c(Cl)c1)N1CCOCC1. The van der Waals surface area contributed by atoms with Gasteiger partial charge in [-0.25, -0.2) is 9.97 Å². The monoisotopic (exact) mass is 414 g/mol. The van der Waals surface area contributed by atoms with E-state index in [0.29, 0.717) is 42.7 Å². The van der Waals surface area contributed by atoms with Gasteiger partial charge in [0.15, 0.2) is 0 Å². The standard InChI is InChI=1S/C20H19ClN4O2S/c21-16-12-15(20(26)25-7-9-27-10-8-25)13-23-18(16)24-17(19-22-6-11-28-19)14-4-2-1-3-5-14/h1-6,11-13,17H,7-10H2,(H,23,24). The van der Waals surface area contributed by atoms with Crippen LogP contribution >= 0.6 is 22.9 Å². The molecule has 1 atom stereocenters. The summed E-state index contributed by atoms with van der Waals surface area (Å²) in [4.78, 5) is 23.3. The van der Waals surface area contributed by atoms with Gasteiger partial charge in [-0.05, 0) is 11.6 Å². The zero-order valence-corrected chi connectivity index (χ0v) is 16.6. The largest absolute Gasteiger partial charge is 0.378 e. The van der Waals surface area contributed by atoms with Crippen LogP contribution in [0.4, 0.5) is 5.82 Å². The van der Waals surface area contributed by atoms with Gasteiger partial charge in [0.2, 0.25) is 0 Å². The van der Waals surface area contributed by atoms with E-state index >= 15 is 0 Å². The number of nitrogens with zero attached hydrogens (tertiary/aromatic N) is 3. The highest BCUT2D eigenvalue weighted by Gasteiger charge is 2.22. The number of morpholine rings is 1. The number of carbonyl (C=O) groups is 1. The van der Waals surface area contributed by atoms with Gasteiger partial charge in [-0.1, -0.05) is 41.9 Å². The number of hydrogen-bond acceptors (Lipinski definition) is 6. The van der Waals surface area contributed by atoms with E-state index in [0.717, 1.165) is 10.6 Å². The lowest BCUT2D eigenvalue weighted by molar-refractivity contribution is 0.0302. The van der Waals surface area contributed by atoms with Crippen LogP contribution in [0, 0.1) is 0 Å². The minimum absolute atomic E-state index is 0.0798. The molecule has 144 valence electrons. The topological polar surface area (TPSA) is 67.4 Å². The fraction of sp³-hybridized carbons (Fsp3) is 0.250. The molecule has 28 heavy (non-hydrogen) atoms. The molecule has 1 amide bonds. The Balaban J connectivity index is 1.57. The summed E-state index contributed by atoms with van der Waals surface area (Å²) >= 11 is 8.03. The normalized spacial score (nSPS) is 15.2. The number of aromatic nitrogens is 2. The molecule has 1 unspecified atom stereocenters. The first kappa shape index (κ1) is 18.9. The summed E-state index contributed by atoms with van der Waals surface area (Å²) in [6.45, 7) is 2.27. The summed E-state index contributed by atoms with van der Waals surface area (Å²) in [7, 11) is 0. The highest BCUT2D eigenvalue weighted by Crippen LogP contribution is 2.30. The van der Waals surface area contributed by atoms with E-state index < -0.39 is 0 Å². The molecule has 0 saturated carbocycles. The van der Waals surface area contributed by atoms with Gasteiger partial charge >= 0.3 is 0 Å². The average Bonchev–Trinajstić information content (AvgIpc) is 3.28. The number of pyridine rings is 1. The van der Waals surface area contributed by atoms with Crippen molar-refractivity contribution in [2.75, 3.05) is 31.6 Å². The van der Waals surface area contributed by atoms with E-state index in [-0.39, 0.29) is 11.9 Å². The number of halogens is 1. The van der Waals surface area contributed by atoms with E-state index in [9.17, 15) is 4.79 Å². The summed E-state index contributed by atoms with van der Waals surface area (Å²) in [5, 5.41) is 6.62. The highest BCUT2D eigenvalue weighted by molar-refractivity contribution is 7.09. The van der Waals surface area contributed by atoms with Crippen molar-refractivity contribution < 1.29 is 9.53 Å². The number of thiazole rings is 1. The molecule has 2 aromatic heterocycles. The lowest BCUT2D eigenvalue weighted by Gasteiger charge is -2.27. The third kappa shape index (κ3) is 4.16. The number of hydrogen-bond donors (Lipinski definition) is 1. The van der Waals surface area contributed by atoms with E-state index in [2.05, 4.69) is 15.3 Å². The first-order chi connectivity index (χ1) is 13.7. The number of nitrogens with one attached hydrogen (secondary N) is 1. The second-order valence-corrected chi connectivity index (χ2v) is 7.65. The Labute approximate surface area is 172 Å². The molecule has 1 N–H and O–H groups in total. The minimum Gasteiger partial charge on any atom is -0.378 e. The third-order valence-corrected chi connectivity index (χ3v) is 5.63. The van der Waals surface area contributed by atoms with Crippen molar-refractivity contribution in [2.45, 2.75) is 6.04 Å². The predicted octanol–water partition coefficient (Wildman–Crippen LogP) is 3.87. The van der Waals surface area contributed by atoms with Crippen molar-refractivity contribution >= 4 is 34.7 Å². The second kappa shape index (κ2) is 8.68. The van der Waals surface area contributed by atoms with Gasteiger partial charge in [0, 0.05) is 30.9 Å². The smallest absolute Gasteiger partial charge is 0.255 e. The number of benzene rings is 1. The van der Waals surface area contributed by atoms with Crippen LogP contribution in [-0.4, -0.2) is 47.1 Å². The fourth-order valence-corrected chi connectivity index (χ4v) is 3.99. The van der Waals surface area contributed by atoms with Crippen LogP contribution in [0.3, 0.4) is 0 Å². The molecule has 3 heterocycles. The molecule has 4 rings (SSSR count). The molecule has 6 nitrogen and oxygen atoms in total.